The molecule has 0 fully saturated rings. The molecule has 1 aromatic carbocycles. The summed E-state index contributed by atoms with van der Waals surface area (Å²) >= 11 is 5.77. The molecule has 2 aromatic rings. The molecule has 2 rings (SSSR count). The number of halogens is 2. The number of aromatic nitrogens is 3. The molecule has 4 nitrogen and oxygen atoms in total. The smallest absolute Gasteiger partial charge is 0.141 e. The minimum absolute atomic E-state index is 0.0373. The van der Waals surface area contributed by atoms with E-state index in [0.29, 0.717) is 6.42 Å². The molecular formula is C12H14ClFN4. The molecule has 2 N–H and O–H groups in total. The van der Waals surface area contributed by atoms with Crippen molar-refractivity contribution in [3.05, 3.63) is 46.5 Å². The molecule has 0 radical (unpaired) electrons. The van der Waals surface area contributed by atoms with E-state index < -0.39 is 5.82 Å². The predicted octanol–water partition coefficient (Wildman–Crippen LogP) is 2.49. The van der Waals surface area contributed by atoms with Crippen LogP contribution in [0.1, 0.15) is 24.2 Å². The highest BCUT2D eigenvalue weighted by Gasteiger charge is 2.14. The van der Waals surface area contributed by atoms with E-state index in [1.54, 1.807) is 18.3 Å². The third-order valence-electron chi connectivity index (χ3n) is 2.67. The maximum atomic E-state index is 13.1. The Hall–Kier alpha value is -1.46. The molecule has 0 saturated heterocycles. The molecule has 0 spiro atoms. The fourth-order valence-electron chi connectivity index (χ4n) is 1.81. The first-order valence-electron chi connectivity index (χ1n) is 5.73. The number of rotatable bonds is 5. The van der Waals surface area contributed by atoms with Gasteiger partial charge in [-0.25, -0.2) is 4.39 Å². The fraction of sp³-hybridized carbons (Fsp3) is 0.333. The quantitative estimate of drug-likeness (QED) is 0.876. The normalized spacial score (nSPS) is 12.6. The summed E-state index contributed by atoms with van der Waals surface area (Å²) in [4.78, 5) is 0. The molecule has 1 atom stereocenters. The summed E-state index contributed by atoms with van der Waals surface area (Å²) in [7, 11) is 0. The first-order valence-corrected chi connectivity index (χ1v) is 6.11. The summed E-state index contributed by atoms with van der Waals surface area (Å²) in [6.07, 6.45) is 2.36. The number of hydrogen-bond donors (Lipinski definition) is 2. The van der Waals surface area contributed by atoms with Crippen molar-refractivity contribution in [1.82, 2.24) is 20.7 Å². The first kappa shape index (κ1) is 13.0. The Kier molecular flexibility index (Phi) is 4.28. The highest BCUT2D eigenvalue weighted by atomic mass is 35.5. The van der Waals surface area contributed by atoms with Crippen LogP contribution in [0.5, 0.6) is 0 Å². The largest absolute Gasteiger partial charge is 0.309 e. The van der Waals surface area contributed by atoms with Crippen LogP contribution in [0.2, 0.25) is 5.02 Å². The zero-order valence-corrected chi connectivity index (χ0v) is 10.7. The van der Waals surface area contributed by atoms with Crippen molar-refractivity contribution in [1.29, 1.82) is 0 Å². The Morgan fingerprint density at radius 3 is 2.94 bits per heavy atom. The van der Waals surface area contributed by atoms with E-state index in [1.165, 1.54) is 6.07 Å². The van der Waals surface area contributed by atoms with Crippen LogP contribution in [0, 0.1) is 5.82 Å². The summed E-state index contributed by atoms with van der Waals surface area (Å²) < 4.78 is 13.1. The molecule has 0 aliphatic rings. The van der Waals surface area contributed by atoms with Crippen LogP contribution >= 0.6 is 11.6 Å². The van der Waals surface area contributed by atoms with Crippen LogP contribution in [-0.2, 0) is 6.42 Å². The van der Waals surface area contributed by atoms with Crippen LogP contribution in [-0.4, -0.2) is 22.0 Å². The van der Waals surface area contributed by atoms with Gasteiger partial charge >= 0.3 is 0 Å². The molecule has 0 saturated carbocycles. The van der Waals surface area contributed by atoms with Gasteiger partial charge in [-0.2, -0.15) is 15.4 Å². The van der Waals surface area contributed by atoms with Crippen molar-refractivity contribution in [2.24, 2.45) is 0 Å². The van der Waals surface area contributed by atoms with Crippen molar-refractivity contribution in [2.45, 2.75) is 19.4 Å². The van der Waals surface area contributed by atoms with E-state index in [1.807, 2.05) is 6.92 Å². The standard InChI is InChI=1S/C12H14ClFN4/c1-2-15-11(12-7-16-18-17-12)6-8-3-4-10(14)9(13)5-8/h3-5,7,11,15H,2,6H2,1H3,(H,16,17,18). The third-order valence-corrected chi connectivity index (χ3v) is 2.95. The molecule has 0 bridgehead atoms. The van der Waals surface area contributed by atoms with Crippen LogP contribution in [0.3, 0.4) is 0 Å². The molecule has 6 heteroatoms. The summed E-state index contributed by atoms with van der Waals surface area (Å²) in [6.45, 7) is 2.83. The van der Waals surface area contributed by atoms with Crippen molar-refractivity contribution in [3.63, 3.8) is 0 Å². The van der Waals surface area contributed by atoms with Crippen LogP contribution in [0.25, 0.3) is 0 Å². The summed E-state index contributed by atoms with van der Waals surface area (Å²) in [5, 5.41) is 13.9. The van der Waals surface area contributed by atoms with E-state index in [2.05, 4.69) is 20.7 Å². The number of nitrogens with one attached hydrogen (secondary N) is 2. The molecule has 18 heavy (non-hydrogen) atoms. The first-order chi connectivity index (χ1) is 8.70. The Bertz CT molecular complexity index is 501. The van der Waals surface area contributed by atoms with E-state index in [0.717, 1.165) is 17.8 Å². The van der Waals surface area contributed by atoms with Crippen molar-refractivity contribution >= 4 is 11.6 Å². The summed E-state index contributed by atoms with van der Waals surface area (Å²) in [5.74, 6) is -0.401. The lowest BCUT2D eigenvalue weighted by molar-refractivity contribution is 0.534. The molecule has 1 heterocycles. The van der Waals surface area contributed by atoms with Gasteiger partial charge in [0.2, 0.25) is 0 Å². The second-order valence-electron chi connectivity index (χ2n) is 3.96. The van der Waals surface area contributed by atoms with Crippen LogP contribution in [0.15, 0.2) is 24.4 Å². The summed E-state index contributed by atoms with van der Waals surface area (Å²) in [6, 6.07) is 4.78. The number of benzene rings is 1. The topological polar surface area (TPSA) is 53.6 Å². The van der Waals surface area contributed by atoms with Crippen LogP contribution < -0.4 is 5.32 Å². The number of nitrogens with zero attached hydrogens (tertiary/aromatic N) is 2. The highest BCUT2D eigenvalue weighted by molar-refractivity contribution is 6.30. The van der Waals surface area contributed by atoms with Gasteiger partial charge < -0.3 is 5.32 Å². The predicted molar refractivity (Wildman–Crippen MR) is 67.9 cm³/mol. The highest BCUT2D eigenvalue weighted by Crippen LogP contribution is 2.20. The zero-order valence-electron chi connectivity index (χ0n) is 9.95. The van der Waals surface area contributed by atoms with Crippen molar-refractivity contribution in [3.8, 4) is 0 Å². The number of H-pyrrole nitrogens is 1. The van der Waals surface area contributed by atoms with Gasteiger partial charge in [0.25, 0.3) is 0 Å². The monoisotopic (exact) mass is 268 g/mol. The van der Waals surface area contributed by atoms with Gasteiger partial charge in [0.1, 0.15) is 5.82 Å². The molecule has 1 unspecified atom stereocenters. The Morgan fingerprint density at radius 2 is 2.33 bits per heavy atom. The minimum Gasteiger partial charge on any atom is -0.309 e. The molecule has 96 valence electrons. The lowest BCUT2D eigenvalue weighted by atomic mass is 10.0. The van der Waals surface area contributed by atoms with E-state index in [4.69, 9.17) is 11.6 Å². The van der Waals surface area contributed by atoms with Crippen molar-refractivity contribution in [2.75, 3.05) is 6.54 Å². The minimum atomic E-state index is -0.401. The number of likely N-dealkylation sites (N-methyl/N-ethyl adjacent to an activating group) is 1. The molecule has 1 aromatic heterocycles. The average Bonchev–Trinajstić information content (AvgIpc) is 2.87. The van der Waals surface area contributed by atoms with Gasteiger partial charge in [0.15, 0.2) is 0 Å². The Labute approximate surface area is 110 Å². The molecule has 0 aliphatic carbocycles. The second kappa shape index (κ2) is 5.93. The van der Waals surface area contributed by atoms with Crippen molar-refractivity contribution < 1.29 is 4.39 Å². The molecule has 0 aliphatic heterocycles. The van der Waals surface area contributed by atoms with Gasteiger partial charge in [0, 0.05) is 0 Å². The van der Waals surface area contributed by atoms with E-state index >= 15 is 0 Å². The lowest BCUT2D eigenvalue weighted by Crippen LogP contribution is -2.23. The van der Waals surface area contributed by atoms with E-state index in [9.17, 15) is 4.39 Å². The maximum absolute atomic E-state index is 13.1. The van der Waals surface area contributed by atoms with E-state index in [-0.39, 0.29) is 11.1 Å². The second-order valence-corrected chi connectivity index (χ2v) is 4.36. The van der Waals surface area contributed by atoms with Gasteiger partial charge in [-0.15, -0.1) is 0 Å². The van der Waals surface area contributed by atoms with Gasteiger partial charge in [-0.05, 0) is 30.7 Å². The van der Waals surface area contributed by atoms with Gasteiger partial charge in [-0.1, -0.05) is 24.6 Å². The Balaban J connectivity index is 2.16. The SMILES string of the molecule is CCNC(Cc1ccc(F)c(Cl)c1)c1cn[nH]n1. The zero-order chi connectivity index (χ0) is 13.0. The lowest BCUT2D eigenvalue weighted by Gasteiger charge is -2.15. The van der Waals surface area contributed by atoms with Gasteiger partial charge in [0.05, 0.1) is 23.0 Å². The van der Waals surface area contributed by atoms with Crippen LogP contribution in [0.4, 0.5) is 4.39 Å². The fourth-order valence-corrected chi connectivity index (χ4v) is 2.01. The third kappa shape index (κ3) is 3.05. The number of hydrogen-bond acceptors (Lipinski definition) is 3. The average molecular weight is 269 g/mol. The number of aromatic amines is 1. The molecule has 0 amide bonds. The van der Waals surface area contributed by atoms with Gasteiger partial charge in [-0.3, -0.25) is 0 Å². The molecular weight excluding hydrogens is 255 g/mol. The maximum Gasteiger partial charge on any atom is 0.141 e. The summed E-state index contributed by atoms with van der Waals surface area (Å²) in [5.41, 5.74) is 1.78. The Morgan fingerprint density at radius 1 is 1.50 bits per heavy atom.